The van der Waals surface area contributed by atoms with Crippen LogP contribution in [-0.2, 0) is 16.1 Å². The summed E-state index contributed by atoms with van der Waals surface area (Å²) in [6.07, 6.45) is -0.648. The van der Waals surface area contributed by atoms with Gasteiger partial charge in [0.25, 0.3) is 0 Å². The highest BCUT2D eigenvalue weighted by molar-refractivity contribution is 5.79. The van der Waals surface area contributed by atoms with Gasteiger partial charge < -0.3 is 25.6 Å². The summed E-state index contributed by atoms with van der Waals surface area (Å²) >= 11 is 0. The first-order chi connectivity index (χ1) is 10.7. The highest BCUT2D eigenvalue weighted by Crippen LogP contribution is 2.12. The third-order valence-electron chi connectivity index (χ3n) is 2.82. The van der Waals surface area contributed by atoms with Gasteiger partial charge in [0.1, 0.15) is 17.4 Å². The normalized spacial score (nSPS) is 12.3. The van der Waals surface area contributed by atoms with Crippen LogP contribution < -0.4 is 15.8 Å². The average molecular weight is 324 g/mol. The van der Waals surface area contributed by atoms with Crippen molar-refractivity contribution in [3.63, 3.8) is 0 Å². The van der Waals surface area contributed by atoms with Gasteiger partial charge >= 0.3 is 12.1 Å². The smallest absolute Gasteiger partial charge is 0.408 e. The molecule has 1 amide bonds. The molecule has 23 heavy (non-hydrogen) atoms. The number of alkyl carbamates (subject to hydrolysis) is 1. The molecular weight excluding hydrogens is 300 g/mol. The van der Waals surface area contributed by atoms with Crippen LogP contribution in [0.2, 0.25) is 0 Å². The Balaban J connectivity index is 2.46. The fraction of sp³-hybridized carbons (Fsp3) is 0.500. The van der Waals surface area contributed by atoms with Crippen LogP contribution in [0.4, 0.5) is 4.79 Å². The zero-order chi connectivity index (χ0) is 17.5. The van der Waals surface area contributed by atoms with Crippen molar-refractivity contribution in [2.24, 2.45) is 5.73 Å². The van der Waals surface area contributed by atoms with Crippen LogP contribution in [0.25, 0.3) is 0 Å². The van der Waals surface area contributed by atoms with Crippen LogP contribution in [0.3, 0.4) is 0 Å². The van der Waals surface area contributed by atoms with Crippen LogP contribution >= 0.6 is 0 Å². The number of carbonyl (C=O) groups excluding carboxylic acids is 1. The first kappa shape index (κ1) is 18.8. The highest BCUT2D eigenvalue weighted by Gasteiger charge is 2.23. The number of nitrogens with one attached hydrogen (secondary N) is 1. The van der Waals surface area contributed by atoms with E-state index < -0.39 is 23.7 Å². The van der Waals surface area contributed by atoms with Gasteiger partial charge in [-0.1, -0.05) is 12.1 Å². The Morgan fingerprint density at radius 3 is 2.35 bits per heavy atom. The Labute approximate surface area is 135 Å². The first-order valence-corrected chi connectivity index (χ1v) is 7.35. The summed E-state index contributed by atoms with van der Waals surface area (Å²) in [6.45, 7) is 5.71. The molecule has 0 aliphatic heterocycles. The molecule has 1 rings (SSSR count). The van der Waals surface area contributed by atoms with Crippen molar-refractivity contribution in [2.45, 2.75) is 45.4 Å². The molecule has 0 fully saturated rings. The number of hydrogen-bond donors (Lipinski definition) is 3. The second-order valence-corrected chi connectivity index (χ2v) is 6.02. The van der Waals surface area contributed by atoms with Crippen molar-refractivity contribution in [2.75, 3.05) is 6.61 Å². The lowest BCUT2D eigenvalue weighted by molar-refractivity contribution is -0.139. The zero-order valence-corrected chi connectivity index (χ0v) is 13.7. The quantitative estimate of drug-likeness (QED) is 0.706. The number of aliphatic carboxylic acids is 1. The van der Waals surface area contributed by atoms with Crippen LogP contribution in [0.15, 0.2) is 24.3 Å². The average Bonchev–Trinajstić information content (AvgIpc) is 2.44. The van der Waals surface area contributed by atoms with Gasteiger partial charge in [-0.15, -0.1) is 0 Å². The van der Waals surface area contributed by atoms with E-state index in [1.165, 1.54) is 0 Å². The largest absolute Gasteiger partial charge is 0.494 e. The summed E-state index contributed by atoms with van der Waals surface area (Å²) in [5.74, 6) is -0.526. The second-order valence-electron chi connectivity index (χ2n) is 6.02. The van der Waals surface area contributed by atoms with Crippen molar-refractivity contribution in [3.05, 3.63) is 29.8 Å². The van der Waals surface area contributed by atoms with Crippen molar-refractivity contribution < 1.29 is 24.2 Å². The molecule has 0 bridgehead atoms. The first-order valence-electron chi connectivity index (χ1n) is 7.35. The molecule has 7 heteroatoms. The van der Waals surface area contributed by atoms with E-state index in [-0.39, 0.29) is 13.0 Å². The van der Waals surface area contributed by atoms with E-state index in [0.29, 0.717) is 12.3 Å². The predicted octanol–water partition coefficient (Wildman–Crippen LogP) is 1.89. The van der Waals surface area contributed by atoms with Gasteiger partial charge in [-0.05, 0) is 38.5 Å². The molecule has 0 aliphatic rings. The number of nitrogens with two attached hydrogens (primary N) is 1. The minimum atomic E-state index is -1.14. The zero-order valence-electron chi connectivity index (χ0n) is 13.7. The van der Waals surface area contributed by atoms with Gasteiger partial charge in [0, 0.05) is 13.0 Å². The maximum Gasteiger partial charge on any atom is 0.408 e. The Morgan fingerprint density at radius 1 is 1.26 bits per heavy atom. The Morgan fingerprint density at radius 2 is 1.87 bits per heavy atom. The van der Waals surface area contributed by atoms with Crippen molar-refractivity contribution >= 4 is 12.1 Å². The van der Waals surface area contributed by atoms with Gasteiger partial charge in [0.2, 0.25) is 0 Å². The Kier molecular flexibility index (Phi) is 6.84. The molecular formula is C16H24N2O5. The summed E-state index contributed by atoms with van der Waals surface area (Å²) in [4.78, 5) is 22.8. The number of carbonyl (C=O) groups is 2. The molecule has 1 unspecified atom stereocenters. The lowest BCUT2D eigenvalue weighted by Crippen LogP contribution is -2.44. The fourth-order valence-corrected chi connectivity index (χ4v) is 1.72. The number of carboxylic acid groups (broad SMARTS) is 1. The lowest BCUT2D eigenvalue weighted by Gasteiger charge is -2.22. The monoisotopic (exact) mass is 324 g/mol. The number of benzene rings is 1. The van der Waals surface area contributed by atoms with Gasteiger partial charge in [-0.25, -0.2) is 9.59 Å². The minimum Gasteiger partial charge on any atom is -0.494 e. The molecule has 0 aromatic heterocycles. The second kappa shape index (κ2) is 8.38. The minimum absolute atomic E-state index is 0.118. The molecule has 128 valence electrons. The summed E-state index contributed by atoms with van der Waals surface area (Å²) in [7, 11) is 0. The van der Waals surface area contributed by atoms with E-state index in [0.717, 1.165) is 5.56 Å². The molecule has 0 spiro atoms. The molecule has 7 nitrogen and oxygen atoms in total. The molecule has 1 aromatic rings. The van der Waals surface area contributed by atoms with E-state index in [4.69, 9.17) is 20.3 Å². The number of rotatable bonds is 7. The van der Waals surface area contributed by atoms with Crippen LogP contribution in [0, 0.1) is 0 Å². The number of carboxylic acids is 1. The summed E-state index contributed by atoms with van der Waals surface area (Å²) in [5.41, 5.74) is 5.80. The van der Waals surface area contributed by atoms with E-state index in [9.17, 15) is 9.59 Å². The Hall–Kier alpha value is -2.28. The highest BCUT2D eigenvalue weighted by atomic mass is 16.6. The topological polar surface area (TPSA) is 111 Å². The van der Waals surface area contributed by atoms with Gasteiger partial charge in [-0.3, -0.25) is 0 Å². The standard InChI is InChI=1S/C16H24N2O5/c1-16(2,3)23-15(21)18-13(14(19)20)8-9-22-12-6-4-11(10-17)5-7-12/h4-7,13H,8-10,17H2,1-3H3,(H,18,21)(H,19,20). The molecule has 0 radical (unpaired) electrons. The van der Waals surface area contributed by atoms with Gasteiger partial charge in [-0.2, -0.15) is 0 Å². The fourth-order valence-electron chi connectivity index (χ4n) is 1.72. The molecule has 0 heterocycles. The maximum absolute atomic E-state index is 11.6. The van der Waals surface area contributed by atoms with Crippen molar-refractivity contribution in [1.29, 1.82) is 0 Å². The number of ether oxygens (including phenoxy) is 2. The maximum atomic E-state index is 11.6. The predicted molar refractivity (Wildman–Crippen MR) is 85.2 cm³/mol. The van der Waals surface area contributed by atoms with Gasteiger partial charge in [0.05, 0.1) is 6.61 Å². The van der Waals surface area contributed by atoms with E-state index in [2.05, 4.69) is 5.32 Å². The van der Waals surface area contributed by atoms with Crippen LogP contribution in [0.1, 0.15) is 32.8 Å². The number of hydrogen-bond acceptors (Lipinski definition) is 5. The van der Waals surface area contributed by atoms with E-state index in [1.807, 2.05) is 12.1 Å². The summed E-state index contributed by atoms with van der Waals surface area (Å²) < 4.78 is 10.5. The van der Waals surface area contributed by atoms with Gasteiger partial charge in [0.15, 0.2) is 0 Å². The lowest BCUT2D eigenvalue weighted by atomic mass is 10.2. The van der Waals surface area contributed by atoms with Crippen LogP contribution in [-0.4, -0.2) is 35.4 Å². The molecule has 0 saturated heterocycles. The van der Waals surface area contributed by atoms with Crippen molar-refractivity contribution in [1.82, 2.24) is 5.32 Å². The molecule has 0 saturated carbocycles. The van der Waals surface area contributed by atoms with Crippen molar-refractivity contribution in [3.8, 4) is 5.75 Å². The third-order valence-corrected chi connectivity index (χ3v) is 2.82. The SMILES string of the molecule is CC(C)(C)OC(=O)NC(CCOc1ccc(CN)cc1)C(=O)O. The molecule has 4 N–H and O–H groups in total. The molecule has 0 aliphatic carbocycles. The summed E-state index contributed by atoms with van der Waals surface area (Å²) in [6, 6.07) is 6.12. The summed E-state index contributed by atoms with van der Waals surface area (Å²) in [5, 5.41) is 11.5. The Bertz CT molecular complexity index is 522. The third kappa shape index (κ3) is 7.51. The van der Waals surface area contributed by atoms with E-state index in [1.54, 1.807) is 32.9 Å². The molecule has 1 atom stereocenters. The molecule has 1 aromatic carbocycles. The van der Waals surface area contributed by atoms with Crippen LogP contribution in [0.5, 0.6) is 5.75 Å². The van der Waals surface area contributed by atoms with E-state index >= 15 is 0 Å². The number of amides is 1.